The van der Waals surface area contributed by atoms with Crippen molar-refractivity contribution in [1.29, 1.82) is 0 Å². The number of amides is 5. The number of aliphatic carboxylic acids is 2. The van der Waals surface area contributed by atoms with Crippen LogP contribution in [0.1, 0.15) is 69.4 Å². The number of nitrogens with one attached hydrogen (secondary N) is 5. The number of ketones is 4. The molecule has 9 N–H and O–H groups in total. The lowest BCUT2D eigenvalue weighted by Crippen LogP contribution is -2.39. The van der Waals surface area contributed by atoms with Gasteiger partial charge in [0, 0.05) is 58.0 Å². The van der Waals surface area contributed by atoms with Gasteiger partial charge in [-0.25, -0.2) is 9.59 Å². The van der Waals surface area contributed by atoms with E-state index in [9.17, 15) is 52.7 Å². The number of hydrogen-bond acceptors (Lipinski definition) is 15. The lowest BCUT2D eigenvalue weighted by atomic mass is 9.93. The van der Waals surface area contributed by atoms with Crippen molar-refractivity contribution in [3.63, 3.8) is 0 Å². The second-order valence-corrected chi connectivity index (χ2v) is 16.2. The number of rotatable bonds is 31. The highest BCUT2D eigenvalue weighted by molar-refractivity contribution is 5.93. The zero-order chi connectivity index (χ0) is 53.2. The first-order chi connectivity index (χ1) is 33.9. The fourth-order valence-corrected chi connectivity index (χ4v) is 5.93. The molecule has 3 rings (SSSR count). The number of nitrogens with zero attached hydrogens (tertiary/aromatic N) is 1. The zero-order valence-electron chi connectivity index (χ0n) is 41.1. The molecule has 394 valence electrons. The van der Waals surface area contributed by atoms with E-state index >= 15 is 0 Å². The molecule has 1 aliphatic heterocycles. The molecule has 22 nitrogen and oxygen atoms in total. The van der Waals surface area contributed by atoms with Gasteiger partial charge in [0.15, 0.2) is 23.1 Å². The number of Topliss-reactive ketones (excluding diaryl/α,β-unsaturated/α-hetero) is 4. The molecule has 0 radical (unpaired) electrons. The largest absolute Gasteiger partial charge is 0.480 e. The summed E-state index contributed by atoms with van der Waals surface area (Å²) >= 11 is 0. The van der Waals surface area contributed by atoms with Crippen LogP contribution in [-0.2, 0) is 75.1 Å². The van der Waals surface area contributed by atoms with Gasteiger partial charge in [0.05, 0.1) is 45.9 Å². The van der Waals surface area contributed by atoms with E-state index in [2.05, 4.69) is 26.6 Å². The quantitative estimate of drug-likeness (QED) is 0.0365. The van der Waals surface area contributed by atoms with Gasteiger partial charge in [0.1, 0.15) is 13.2 Å². The Hall–Kier alpha value is -6.75. The van der Waals surface area contributed by atoms with Crippen molar-refractivity contribution in [3.8, 4) is 0 Å². The van der Waals surface area contributed by atoms with Crippen molar-refractivity contribution in [2.24, 2.45) is 17.6 Å². The van der Waals surface area contributed by atoms with Crippen molar-refractivity contribution in [3.05, 3.63) is 71.8 Å². The summed E-state index contributed by atoms with van der Waals surface area (Å²) in [6.07, 6.45) is 5.59. The topological polar surface area (TPSA) is 336 Å². The van der Waals surface area contributed by atoms with Gasteiger partial charge >= 0.3 is 11.9 Å². The molecule has 1 fully saturated rings. The Kier molecular flexibility index (Phi) is 37.2. The van der Waals surface area contributed by atoms with Crippen molar-refractivity contribution in [2.45, 2.75) is 71.1 Å². The Morgan fingerprint density at radius 3 is 1.31 bits per heavy atom. The summed E-state index contributed by atoms with van der Waals surface area (Å²) in [5.74, 6) is -6.52. The van der Waals surface area contributed by atoms with Gasteiger partial charge < -0.3 is 56.9 Å². The predicted molar refractivity (Wildman–Crippen MR) is 261 cm³/mol. The third-order valence-corrected chi connectivity index (χ3v) is 9.65. The number of hydrogen-bond donors (Lipinski definition) is 8. The number of nitrogens with two attached hydrogens (primary N) is 1. The Morgan fingerprint density at radius 2 is 1.00 bits per heavy atom. The first-order valence-corrected chi connectivity index (χ1v) is 23.2. The molecule has 0 unspecified atom stereocenters. The van der Waals surface area contributed by atoms with Crippen LogP contribution in [0.15, 0.2) is 60.7 Å². The molecular weight excluding hydrogens is 927 g/mol. The molecule has 2 aromatic rings. The SMILES string of the molecule is C1CCNCC1.CCC(=O)NCC(=O)C[C@@H](Cc1ccccc1)C(=O)NCC(=O)CCOCC(=O)O.CN(C)C=O.NCC(=O)NCC(=O)C[C@@H](Cc1ccccc1)C(=O)NCC(=O)CCOCC(=O)O. The minimum atomic E-state index is -1.13. The molecule has 0 aromatic heterocycles. The zero-order valence-corrected chi connectivity index (χ0v) is 41.1. The van der Waals surface area contributed by atoms with E-state index in [-0.39, 0.29) is 107 Å². The molecule has 2 aromatic carbocycles. The molecule has 2 atom stereocenters. The van der Waals surface area contributed by atoms with E-state index in [1.807, 2.05) is 60.7 Å². The maximum absolute atomic E-state index is 12.6. The average molecular weight is 1000 g/mol. The summed E-state index contributed by atoms with van der Waals surface area (Å²) in [4.78, 5) is 127. The van der Waals surface area contributed by atoms with Crippen LogP contribution in [0.2, 0.25) is 0 Å². The fraction of sp³-hybridized carbons (Fsp3) is 0.531. The molecule has 0 aliphatic carbocycles. The van der Waals surface area contributed by atoms with Gasteiger partial charge in [-0.1, -0.05) is 74.0 Å². The maximum atomic E-state index is 12.6. The number of ether oxygens (including phenoxy) is 2. The third-order valence-electron chi connectivity index (χ3n) is 9.65. The van der Waals surface area contributed by atoms with Gasteiger partial charge in [0.2, 0.25) is 30.0 Å². The lowest BCUT2D eigenvalue weighted by molar-refractivity contribution is -0.143. The molecule has 0 bridgehead atoms. The van der Waals surface area contributed by atoms with E-state index in [4.69, 9.17) is 25.4 Å². The third kappa shape index (κ3) is 37.8. The molecule has 71 heavy (non-hydrogen) atoms. The Morgan fingerprint density at radius 1 is 0.620 bits per heavy atom. The normalized spacial score (nSPS) is 12.1. The minimum Gasteiger partial charge on any atom is -0.480 e. The monoisotopic (exact) mass is 1000 g/mol. The summed E-state index contributed by atoms with van der Waals surface area (Å²) in [7, 11) is 3.38. The van der Waals surface area contributed by atoms with Crippen molar-refractivity contribution in [1.82, 2.24) is 31.5 Å². The van der Waals surface area contributed by atoms with Crippen molar-refractivity contribution < 1.29 is 72.4 Å². The number of carbonyl (C=O) groups excluding carboxylic acids is 9. The standard InChI is InChI=1S/C21H28N2O7.C20H27N3O7.C5H11N.C3H7NO/c1-2-19(26)22-13-18(25)11-16(10-15-6-4-3-5-7-15)21(29)23-12-17(24)8-9-30-14-20(27)28;21-10-18(26)22-12-17(25)9-15(8-14-4-2-1-3-5-14)20(29)23-11-16(24)6-7-30-13-19(27)28;1-2-4-6-5-3-1;1-4(2)3-5/h3-7,16H,2,8-14H2,1H3,(H,22,26)(H,23,29)(H,27,28);1-5,15H,6-13,21H2,(H,22,26)(H,23,29)(H,27,28);6H,1-5H2;3H,1-2H3/t16-;15-;;/m11../s1. The van der Waals surface area contributed by atoms with Gasteiger partial charge in [-0.3, -0.25) is 43.2 Å². The highest BCUT2D eigenvalue weighted by atomic mass is 16.5. The predicted octanol–water partition coefficient (Wildman–Crippen LogP) is 0.0276. The lowest BCUT2D eigenvalue weighted by Gasteiger charge is -2.16. The van der Waals surface area contributed by atoms with E-state index in [0.717, 1.165) is 17.5 Å². The van der Waals surface area contributed by atoms with Crippen LogP contribution < -0.4 is 32.3 Å². The van der Waals surface area contributed by atoms with Gasteiger partial charge in [-0.2, -0.15) is 0 Å². The van der Waals surface area contributed by atoms with Crippen LogP contribution in [0, 0.1) is 11.8 Å². The summed E-state index contributed by atoms with van der Waals surface area (Å²) in [5, 5.41) is 30.1. The summed E-state index contributed by atoms with van der Waals surface area (Å²) in [6, 6.07) is 18.3. The molecule has 5 amide bonds. The number of carboxylic acids is 2. The van der Waals surface area contributed by atoms with Gasteiger partial charge in [-0.15, -0.1) is 0 Å². The van der Waals surface area contributed by atoms with Crippen LogP contribution >= 0.6 is 0 Å². The summed E-state index contributed by atoms with van der Waals surface area (Å²) in [5.41, 5.74) is 6.90. The first-order valence-electron chi connectivity index (χ1n) is 23.2. The molecule has 1 aliphatic rings. The Balaban J connectivity index is 0.00000113. The summed E-state index contributed by atoms with van der Waals surface area (Å²) in [6.45, 7) is 1.98. The molecule has 0 saturated carbocycles. The van der Waals surface area contributed by atoms with Crippen molar-refractivity contribution in [2.75, 3.05) is 86.3 Å². The van der Waals surface area contributed by atoms with Gasteiger partial charge in [0.25, 0.3) is 0 Å². The smallest absolute Gasteiger partial charge is 0.329 e. The molecular formula is C49H73N7O15. The van der Waals surface area contributed by atoms with Crippen molar-refractivity contribution >= 4 is 65.1 Å². The summed E-state index contributed by atoms with van der Waals surface area (Å²) < 4.78 is 9.58. The van der Waals surface area contributed by atoms with Crippen LogP contribution in [0.4, 0.5) is 0 Å². The number of carboxylic acid groups (broad SMARTS) is 2. The highest BCUT2D eigenvalue weighted by Gasteiger charge is 2.24. The second-order valence-electron chi connectivity index (χ2n) is 16.2. The van der Waals surface area contributed by atoms with Gasteiger partial charge in [-0.05, 0) is 49.9 Å². The van der Waals surface area contributed by atoms with Crippen LogP contribution in [0.3, 0.4) is 0 Å². The molecule has 1 saturated heterocycles. The fourth-order valence-electron chi connectivity index (χ4n) is 5.93. The second kappa shape index (κ2) is 41.1. The Bertz CT molecular complexity index is 1790. The van der Waals surface area contributed by atoms with E-state index < -0.39 is 54.7 Å². The minimum absolute atomic E-state index is 0.0289. The average Bonchev–Trinajstić information content (AvgIpc) is 3.37. The Labute approximate surface area is 414 Å². The number of piperidine rings is 1. The van der Waals surface area contributed by atoms with E-state index in [1.165, 1.54) is 37.3 Å². The van der Waals surface area contributed by atoms with Crippen LogP contribution in [-0.4, -0.2) is 167 Å². The number of carbonyl (C=O) groups is 11. The van der Waals surface area contributed by atoms with E-state index in [1.54, 1.807) is 21.0 Å². The molecule has 0 spiro atoms. The van der Waals surface area contributed by atoms with Crippen LogP contribution in [0.5, 0.6) is 0 Å². The van der Waals surface area contributed by atoms with E-state index in [0.29, 0.717) is 12.8 Å². The first kappa shape index (κ1) is 64.2. The highest BCUT2D eigenvalue weighted by Crippen LogP contribution is 2.15. The molecule has 22 heteroatoms. The number of benzene rings is 2. The molecule has 1 heterocycles. The van der Waals surface area contributed by atoms with Crippen LogP contribution in [0.25, 0.3) is 0 Å². The maximum Gasteiger partial charge on any atom is 0.329 e.